The van der Waals surface area contributed by atoms with Crippen molar-refractivity contribution in [2.75, 3.05) is 7.11 Å². The Bertz CT molecular complexity index is 344. The molecule has 0 bridgehead atoms. The molecule has 1 unspecified atom stereocenters. The third kappa shape index (κ3) is 1.50. The van der Waals surface area contributed by atoms with Gasteiger partial charge in [0.05, 0.1) is 13.2 Å². The fourth-order valence-corrected chi connectivity index (χ4v) is 2.22. The van der Waals surface area contributed by atoms with E-state index in [2.05, 4.69) is 13.0 Å². The van der Waals surface area contributed by atoms with E-state index in [1.165, 1.54) is 16.7 Å². The van der Waals surface area contributed by atoms with Crippen molar-refractivity contribution in [3.63, 3.8) is 0 Å². The Morgan fingerprint density at radius 3 is 2.93 bits per heavy atom. The summed E-state index contributed by atoms with van der Waals surface area (Å²) in [6, 6.07) is 4.07. The highest BCUT2D eigenvalue weighted by Gasteiger charge is 2.19. The zero-order valence-electron chi connectivity index (χ0n) is 8.71. The number of rotatable bonds is 1. The summed E-state index contributed by atoms with van der Waals surface area (Å²) < 4.78 is 5.28. The molecule has 0 spiro atoms. The van der Waals surface area contributed by atoms with E-state index in [1.54, 1.807) is 7.11 Å². The Labute approximate surface area is 84.5 Å². The van der Waals surface area contributed by atoms with E-state index < -0.39 is 0 Å². The highest BCUT2D eigenvalue weighted by Crippen LogP contribution is 2.30. The standard InChI is InChI=1S/C12H16O2/c1-8-11-5-4-10(13)7-9(11)3-6-12(8)14-2/h3,6,10,13H,4-5,7H2,1-2H3. The number of hydrogen-bond acceptors (Lipinski definition) is 2. The van der Waals surface area contributed by atoms with Gasteiger partial charge in [-0.3, -0.25) is 0 Å². The van der Waals surface area contributed by atoms with Crippen LogP contribution in [0.5, 0.6) is 5.75 Å². The molecular formula is C12H16O2. The van der Waals surface area contributed by atoms with Gasteiger partial charge in [-0.1, -0.05) is 6.07 Å². The number of aliphatic hydroxyl groups excluding tert-OH is 1. The molecule has 0 aliphatic heterocycles. The summed E-state index contributed by atoms with van der Waals surface area (Å²) in [5.74, 6) is 0.958. The topological polar surface area (TPSA) is 29.5 Å². The molecule has 0 amide bonds. The van der Waals surface area contributed by atoms with Gasteiger partial charge < -0.3 is 9.84 Å². The number of aliphatic hydroxyl groups is 1. The smallest absolute Gasteiger partial charge is 0.122 e. The molecule has 14 heavy (non-hydrogen) atoms. The Morgan fingerprint density at radius 2 is 2.21 bits per heavy atom. The van der Waals surface area contributed by atoms with Gasteiger partial charge >= 0.3 is 0 Å². The molecular weight excluding hydrogens is 176 g/mol. The van der Waals surface area contributed by atoms with Crippen LogP contribution in [0.3, 0.4) is 0 Å². The normalized spacial score (nSPS) is 20.4. The van der Waals surface area contributed by atoms with Gasteiger partial charge in [-0.15, -0.1) is 0 Å². The maximum atomic E-state index is 9.54. The Balaban J connectivity index is 2.43. The van der Waals surface area contributed by atoms with Gasteiger partial charge in [0.2, 0.25) is 0 Å². The lowest BCUT2D eigenvalue weighted by Crippen LogP contribution is -2.19. The lowest BCUT2D eigenvalue weighted by molar-refractivity contribution is 0.158. The van der Waals surface area contributed by atoms with E-state index in [1.807, 2.05) is 6.07 Å². The van der Waals surface area contributed by atoms with Crippen LogP contribution in [0.4, 0.5) is 0 Å². The summed E-state index contributed by atoms with van der Waals surface area (Å²) in [5.41, 5.74) is 3.88. The minimum atomic E-state index is -0.157. The summed E-state index contributed by atoms with van der Waals surface area (Å²) >= 11 is 0. The number of fused-ring (bicyclic) bond motifs is 1. The first-order valence-electron chi connectivity index (χ1n) is 5.05. The van der Waals surface area contributed by atoms with E-state index in [-0.39, 0.29) is 6.10 Å². The molecule has 0 fully saturated rings. The molecule has 0 saturated carbocycles. The van der Waals surface area contributed by atoms with Crippen LogP contribution in [-0.4, -0.2) is 18.3 Å². The zero-order valence-corrected chi connectivity index (χ0v) is 8.71. The maximum absolute atomic E-state index is 9.54. The van der Waals surface area contributed by atoms with Crippen LogP contribution in [0.15, 0.2) is 12.1 Å². The first kappa shape index (κ1) is 9.53. The van der Waals surface area contributed by atoms with Crippen LogP contribution in [0, 0.1) is 6.92 Å². The SMILES string of the molecule is COc1ccc2c(c1C)CCC(O)C2. The molecule has 0 heterocycles. The van der Waals surface area contributed by atoms with Crippen molar-refractivity contribution in [1.82, 2.24) is 0 Å². The van der Waals surface area contributed by atoms with Gasteiger partial charge in [-0.05, 0) is 48.9 Å². The Kier molecular flexibility index (Phi) is 2.46. The second-order valence-corrected chi connectivity index (χ2v) is 3.93. The van der Waals surface area contributed by atoms with E-state index in [0.717, 1.165) is 25.0 Å². The van der Waals surface area contributed by atoms with Gasteiger partial charge in [0, 0.05) is 0 Å². The van der Waals surface area contributed by atoms with Crippen molar-refractivity contribution in [3.8, 4) is 5.75 Å². The third-order valence-electron chi connectivity index (χ3n) is 3.05. The summed E-state index contributed by atoms with van der Waals surface area (Å²) in [6.07, 6.45) is 2.48. The number of ether oxygens (including phenoxy) is 1. The van der Waals surface area contributed by atoms with Gasteiger partial charge in [0.15, 0.2) is 0 Å². The van der Waals surface area contributed by atoms with E-state index in [4.69, 9.17) is 4.74 Å². The summed E-state index contributed by atoms with van der Waals surface area (Å²) in [7, 11) is 1.70. The summed E-state index contributed by atoms with van der Waals surface area (Å²) in [6.45, 7) is 2.09. The van der Waals surface area contributed by atoms with E-state index in [9.17, 15) is 5.11 Å². The van der Waals surface area contributed by atoms with Crippen molar-refractivity contribution < 1.29 is 9.84 Å². The van der Waals surface area contributed by atoms with Crippen LogP contribution >= 0.6 is 0 Å². The van der Waals surface area contributed by atoms with Crippen LogP contribution in [0.25, 0.3) is 0 Å². The second-order valence-electron chi connectivity index (χ2n) is 3.93. The molecule has 1 aliphatic rings. The van der Waals surface area contributed by atoms with E-state index >= 15 is 0 Å². The fourth-order valence-electron chi connectivity index (χ4n) is 2.22. The highest BCUT2D eigenvalue weighted by atomic mass is 16.5. The first-order valence-corrected chi connectivity index (χ1v) is 5.05. The van der Waals surface area contributed by atoms with Gasteiger partial charge in [-0.2, -0.15) is 0 Å². The predicted octanol–water partition coefficient (Wildman–Crippen LogP) is 1.85. The second kappa shape index (κ2) is 3.62. The van der Waals surface area contributed by atoms with Crippen molar-refractivity contribution in [3.05, 3.63) is 28.8 Å². The quantitative estimate of drug-likeness (QED) is 0.736. The molecule has 1 atom stereocenters. The fraction of sp³-hybridized carbons (Fsp3) is 0.500. The van der Waals surface area contributed by atoms with Gasteiger partial charge in [0.25, 0.3) is 0 Å². The third-order valence-corrected chi connectivity index (χ3v) is 3.05. The molecule has 1 N–H and O–H groups in total. The molecule has 76 valence electrons. The summed E-state index contributed by atoms with van der Waals surface area (Å²) in [4.78, 5) is 0. The average Bonchev–Trinajstić information content (AvgIpc) is 2.18. The number of benzene rings is 1. The van der Waals surface area contributed by atoms with Gasteiger partial charge in [-0.25, -0.2) is 0 Å². The minimum Gasteiger partial charge on any atom is -0.496 e. The van der Waals surface area contributed by atoms with Crippen LogP contribution in [-0.2, 0) is 12.8 Å². The molecule has 0 aromatic heterocycles. The van der Waals surface area contributed by atoms with E-state index in [0.29, 0.717) is 0 Å². The molecule has 1 aromatic rings. The molecule has 2 nitrogen and oxygen atoms in total. The zero-order chi connectivity index (χ0) is 10.1. The lowest BCUT2D eigenvalue weighted by atomic mass is 9.87. The number of hydrogen-bond donors (Lipinski definition) is 1. The lowest BCUT2D eigenvalue weighted by Gasteiger charge is -2.23. The van der Waals surface area contributed by atoms with Crippen LogP contribution in [0.2, 0.25) is 0 Å². The monoisotopic (exact) mass is 192 g/mol. The van der Waals surface area contributed by atoms with Crippen LogP contribution in [0.1, 0.15) is 23.1 Å². The molecule has 1 aliphatic carbocycles. The Hall–Kier alpha value is -1.02. The first-order chi connectivity index (χ1) is 6.72. The van der Waals surface area contributed by atoms with Crippen molar-refractivity contribution in [2.45, 2.75) is 32.3 Å². The molecule has 0 saturated heterocycles. The highest BCUT2D eigenvalue weighted by molar-refractivity contribution is 5.45. The van der Waals surface area contributed by atoms with Gasteiger partial charge in [0.1, 0.15) is 5.75 Å². The van der Waals surface area contributed by atoms with Crippen LogP contribution < -0.4 is 4.74 Å². The average molecular weight is 192 g/mol. The minimum absolute atomic E-state index is 0.157. The molecule has 1 aromatic carbocycles. The Morgan fingerprint density at radius 1 is 1.43 bits per heavy atom. The summed E-state index contributed by atoms with van der Waals surface area (Å²) in [5, 5.41) is 9.54. The predicted molar refractivity (Wildman–Crippen MR) is 55.8 cm³/mol. The number of methoxy groups -OCH3 is 1. The molecule has 0 radical (unpaired) electrons. The largest absolute Gasteiger partial charge is 0.496 e. The van der Waals surface area contributed by atoms with Crippen molar-refractivity contribution >= 4 is 0 Å². The van der Waals surface area contributed by atoms with Crippen molar-refractivity contribution in [2.24, 2.45) is 0 Å². The molecule has 2 heteroatoms. The van der Waals surface area contributed by atoms with Crippen molar-refractivity contribution in [1.29, 1.82) is 0 Å². The maximum Gasteiger partial charge on any atom is 0.122 e. The molecule has 2 rings (SSSR count).